The standard InChI is InChI=1S/C18H13Cl2F4N3O2/c1-8-2-3-9(19)6-11(8)25-18(28)12-5-4-10(29-12)7-27-15(17(23)24)13(20)14(26-27)16(21)22/h2-6,16-17H,7H2,1H3,(H,25,28). The van der Waals surface area contributed by atoms with E-state index in [0.29, 0.717) is 15.4 Å². The topological polar surface area (TPSA) is 60.1 Å². The molecule has 0 aliphatic heterocycles. The number of furan rings is 1. The minimum Gasteiger partial charge on any atom is -0.454 e. The van der Waals surface area contributed by atoms with Gasteiger partial charge < -0.3 is 9.73 Å². The van der Waals surface area contributed by atoms with E-state index in [-0.39, 0.29) is 11.5 Å². The Morgan fingerprint density at radius 3 is 2.55 bits per heavy atom. The molecule has 1 aromatic carbocycles. The van der Waals surface area contributed by atoms with E-state index in [2.05, 4.69) is 10.4 Å². The van der Waals surface area contributed by atoms with Gasteiger partial charge in [-0.2, -0.15) is 5.10 Å². The Bertz CT molecular complexity index is 1050. The fourth-order valence-corrected chi connectivity index (χ4v) is 3.06. The van der Waals surface area contributed by atoms with Crippen LogP contribution in [0.1, 0.15) is 46.1 Å². The Hall–Kier alpha value is -2.52. The molecule has 0 fully saturated rings. The number of alkyl halides is 4. The van der Waals surface area contributed by atoms with Crippen LogP contribution in [0.4, 0.5) is 23.2 Å². The summed E-state index contributed by atoms with van der Waals surface area (Å²) in [4.78, 5) is 12.4. The lowest BCUT2D eigenvalue weighted by molar-refractivity contribution is 0.0994. The fraction of sp³-hybridized carbons (Fsp3) is 0.222. The number of nitrogens with zero attached hydrogens (tertiary/aromatic N) is 2. The summed E-state index contributed by atoms with van der Waals surface area (Å²) in [6, 6.07) is 7.63. The van der Waals surface area contributed by atoms with Gasteiger partial charge in [0.15, 0.2) is 5.76 Å². The van der Waals surface area contributed by atoms with Gasteiger partial charge in [0.2, 0.25) is 0 Å². The number of halogens is 6. The van der Waals surface area contributed by atoms with Crippen molar-refractivity contribution in [2.24, 2.45) is 0 Å². The number of carbonyl (C=O) groups is 1. The Balaban J connectivity index is 1.81. The van der Waals surface area contributed by atoms with E-state index in [1.54, 1.807) is 25.1 Å². The zero-order chi connectivity index (χ0) is 21.3. The zero-order valence-corrected chi connectivity index (χ0v) is 16.2. The average molecular weight is 450 g/mol. The molecule has 0 saturated carbocycles. The van der Waals surface area contributed by atoms with E-state index in [1.807, 2.05) is 0 Å². The number of aromatic nitrogens is 2. The van der Waals surface area contributed by atoms with Crippen molar-refractivity contribution < 1.29 is 26.8 Å². The monoisotopic (exact) mass is 449 g/mol. The number of rotatable bonds is 6. The molecule has 0 saturated heterocycles. The molecule has 1 amide bonds. The third-order valence-corrected chi connectivity index (χ3v) is 4.63. The van der Waals surface area contributed by atoms with E-state index < -0.39 is 41.7 Å². The molecule has 3 aromatic rings. The van der Waals surface area contributed by atoms with Gasteiger partial charge in [0.1, 0.15) is 17.1 Å². The van der Waals surface area contributed by atoms with Gasteiger partial charge in [-0.05, 0) is 36.8 Å². The molecular formula is C18H13Cl2F4N3O2. The molecule has 2 aromatic heterocycles. The highest BCUT2D eigenvalue weighted by molar-refractivity contribution is 6.32. The molecule has 11 heteroatoms. The summed E-state index contributed by atoms with van der Waals surface area (Å²) >= 11 is 11.5. The molecule has 5 nitrogen and oxygen atoms in total. The number of hydrogen-bond donors (Lipinski definition) is 1. The molecule has 29 heavy (non-hydrogen) atoms. The van der Waals surface area contributed by atoms with Gasteiger partial charge in [-0.25, -0.2) is 17.6 Å². The van der Waals surface area contributed by atoms with Crippen molar-refractivity contribution in [3.63, 3.8) is 0 Å². The molecule has 0 atom stereocenters. The number of carbonyl (C=O) groups excluding carboxylic acids is 1. The second kappa shape index (κ2) is 8.46. The van der Waals surface area contributed by atoms with Gasteiger partial charge in [-0.15, -0.1) is 0 Å². The lowest BCUT2D eigenvalue weighted by Crippen LogP contribution is -2.12. The Kier molecular flexibility index (Phi) is 6.18. The number of hydrogen-bond acceptors (Lipinski definition) is 3. The van der Waals surface area contributed by atoms with Gasteiger partial charge in [0.25, 0.3) is 18.8 Å². The third-order valence-electron chi connectivity index (χ3n) is 4.01. The predicted molar refractivity (Wildman–Crippen MR) is 99.1 cm³/mol. The van der Waals surface area contributed by atoms with Crippen LogP contribution in [0.5, 0.6) is 0 Å². The highest BCUT2D eigenvalue weighted by Gasteiger charge is 2.28. The molecule has 0 unspecified atom stereocenters. The van der Waals surface area contributed by atoms with Crippen LogP contribution in [0.3, 0.4) is 0 Å². The smallest absolute Gasteiger partial charge is 0.291 e. The first-order chi connectivity index (χ1) is 13.7. The van der Waals surface area contributed by atoms with Crippen molar-refractivity contribution in [3.8, 4) is 0 Å². The average Bonchev–Trinajstić information content (AvgIpc) is 3.23. The number of nitrogens with one attached hydrogen (secondary N) is 1. The number of amides is 1. The lowest BCUT2D eigenvalue weighted by atomic mass is 10.2. The maximum Gasteiger partial charge on any atom is 0.291 e. The largest absolute Gasteiger partial charge is 0.454 e. The van der Waals surface area contributed by atoms with Crippen LogP contribution in [0.25, 0.3) is 0 Å². The van der Waals surface area contributed by atoms with Crippen LogP contribution >= 0.6 is 23.2 Å². The van der Waals surface area contributed by atoms with Crippen LogP contribution in [-0.4, -0.2) is 15.7 Å². The maximum atomic E-state index is 13.2. The van der Waals surface area contributed by atoms with Gasteiger partial charge in [0.05, 0.1) is 11.6 Å². The van der Waals surface area contributed by atoms with Gasteiger partial charge >= 0.3 is 0 Å². The normalized spacial score (nSPS) is 11.5. The van der Waals surface area contributed by atoms with Gasteiger partial charge in [-0.1, -0.05) is 29.3 Å². The SMILES string of the molecule is Cc1ccc(Cl)cc1NC(=O)c1ccc(Cn2nc(C(F)F)c(Cl)c2C(F)F)o1. The summed E-state index contributed by atoms with van der Waals surface area (Å²) in [6.45, 7) is 1.36. The summed E-state index contributed by atoms with van der Waals surface area (Å²) in [5.74, 6) is -0.646. The second-order valence-corrected chi connectivity index (χ2v) is 6.84. The predicted octanol–water partition coefficient (Wildman–Crippen LogP) is 6.27. The van der Waals surface area contributed by atoms with E-state index in [0.717, 1.165) is 5.56 Å². The van der Waals surface area contributed by atoms with E-state index in [1.165, 1.54) is 12.1 Å². The fourth-order valence-electron chi connectivity index (χ4n) is 2.59. The number of benzene rings is 1. The first kappa shape index (κ1) is 21.2. The van der Waals surface area contributed by atoms with E-state index in [4.69, 9.17) is 27.6 Å². The van der Waals surface area contributed by atoms with Crippen molar-refractivity contribution >= 4 is 34.8 Å². The molecule has 0 radical (unpaired) electrons. The summed E-state index contributed by atoms with van der Waals surface area (Å²) < 4.78 is 58.2. The lowest BCUT2D eigenvalue weighted by Gasteiger charge is -2.07. The summed E-state index contributed by atoms with van der Waals surface area (Å²) in [6.07, 6.45) is -6.23. The van der Waals surface area contributed by atoms with Crippen molar-refractivity contribution in [2.45, 2.75) is 26.3 Å². The van der Waals surface area contributed by atoms with Crippen LogP contribution in [0, 0.1) is 6.92 Å². The Labute approximate surface area is 172 Å². The minimum atomic E-state index is -3.12. The van der Waals surface area contributed by atoms with Crippen molar-refractivity contribution in [2.75, 3.05) is 5.32 Å². The molecule has 0 aliphatic carbocycles. The second-order valence-electron chi connectivity index (χ2n) is 6.02. The van der Waals surface area contributed by atoms with E-state index >= 15 is 0 Å². The maximum absolute atomic E-state index is 13.2. The molecule has 3 rings (SSSR count). The third kappa shape index (κ3) is 4.56. The summed E-state index contributed by atoms with van der Waals surface area (Å²) in [5.41, 5.74) is -0.551. The van der Waals surface area contributed by atoms with Crippen LogP contribution in [0.2, 0.25) is 10.0 Å². The molecule has 154 valence electrons. The van der Waals surface area contributed by atoms with Crippen LogP contribution in [0.15, 0.2) is 34.7 Å². The van der Waals surface area contributed by atoms with E-state index in [9.17, 15) is 22.4 Å². The van der Waals surface area contributed by atoms with Crippen molar-refractivity contribution in [1.82, 2.24) is 9.78 Å². The molecule has 0 bridgehead atoms. The molecule has 0 spiro atoms. The number of anilines is 1. The summed E-state index contributed by atoms with van der Waals surface area (Å²) in [7, 11) is 0. The highest BCUT2D eigenvalue weighted by Crippen LogP contribution is 2.35. The first-order valence-electron chi connectivity index (χ1n) is 8.16. The Morgan fingerprint density at radius 2 is 1.90 bits per heavy atom. The van der Waals surface area contributed by atoms with Gasteiger partial charge in [0, 0.05) is 10.7 Å². The molecule has 0 aliphatic rings. The quantitative estimate of drug-likeness (QED) is 0.451. The zero-order valence-electron chi connectivity index (χ0n) is 14.7. The van der Waals surface area contributed by atoms with Gasteiger partial charge in [-0.3, -0.25) is 9.48 Å². The van der Waals surface area contributed by atoms with Crippen molar-refractivity contribution in [1.29, 1.82) is 0 Å². The summed E-state index contributed by atoms with van der Waals surface area (Å²) in [5, 5.41) is 5.70. The first-order valence-corrected chi connectivity index (χ1v) is 8.91. The van der Waals surface area contributed by atoms with Crippen LogP contribution < -0.4 is 5.32 Å². The molecular weight excluding hydrogens is 437 g/mol. The molecule has 2 heterocycles. The Morgan fingerprint density at radius 1 is 1.17 bits per heavy atom. The van der Waals surface area contributed by atoms with Crippen molar-refractivity contribution in [3.05, 3.63) is 68.8 Å². The highest BCUT2D eigenvalue weighted by atomic mass is 35.5. The molecule has 1 N–H and O–H groups in total. The number of aryl methyl sites for hydroxylation is 1. The minimum absolute atomic E-state index is 0.0554. The van der Waals surface area contributed by atoms with Crippen LogP contribution in [-0.2, 0) is 6.54 Å².